The number of ether oxygens (including phenoxy) is 7. The normalized spacial score (nSPS) is 16.0. The predicted octanol–water partition coefficient (Wildman–Crippen LogP) is 12.1. The fraction of sp³-hybridized carbons (Fsp3) is 0.467. The minimum absolute atomic E-state index is 0. The van der Waals surface area contributed by atoms with Gasteiger partial charge >= 0.3 is 90.1 Å². The molecular formula is C107H139B2BrN11Na2O18S4. The molecule has 12 aromatic heterocycles. The number of rotatable bonds is 18. The van der Waals surface area contributed by atoms with Gasteiger partial charge < -0.3 is 104 Å². The first-order chi connectivity index (χ1) is 66.9. The molecule has 769 valence electrons. The summed E-state index contributed by atoms with van der Waals surface area (Å²) in [5, 5.41) is 24.3. The summed E-state index contributed by atoms with van der Waals surface area (Å²) in [6.45, 7) is 56.2. The summed E-state index contributed by atoms with van der Waals surface area (Å²) in [6.07, 6.45) is 12.3. The van der Waals surface area contributed by atoms with E-state index in [2.05, 4.69) is 130 Å². The van der Waals surface area contributed by atoms with Gasteiger partial charge in [0.15, 0.2) is 11.6 Å². The summed E-state index contributed by atoms with van der Waals surface area (Å²) in [6, 6.07) is 25.1. The molecule has 8 aliphatic rings. The molecule has 0 amide bonds. The maximum absolute atomic E-state index is 13.0. The smallest absolute Gasteiger partial charge is 1.00 e. The monoisotopic (exact) mass is 2140 g/mol. The number of carbonyl (C=O) groups is 7. The van der Waals surface area contributed by atoms with Crippen LogP contribution in [0.3, 0.4) is 0 Å². The first-order valence-electron chi connectivity index (χ1n) is 48.4. The van der Waals surface area contributed by atoms with Crippen molar-refractivity contribution in [2.75, 3.05) is 118 Å². The minimum Gasteiger partial charge on any atom is -1.00 e. The van der Waals surface area contributed by atoms with E-state index in [0.717, 1.165) is 206 Å². The van der Waals surface area contributed by atoms with Crippen LogP contribution >= 0.6 is 61.3 Å². The third-order valence-electron chi connectivity index (χ3n) is 26.3. The van der Waals surface area contributed by atoms with Crippen molar-refractivity contribution in [2.24, 2.45) is 0 Å². The fourth-order valence-corrected chi connectivity index (χ4v) is 23.8. The minimum atomic E-state index is -0.833. The summed E-state index contributed by atoms with van der Waals surface area (Å²) < 4.78 is 59.3. The van der Waals surface area contributed by atoms with Crippen molar-refractivity contribution in [3.05, 3.63) is 217 Å². The molecule has 12 aromatic rings. The summed E-state index contributed by atoms with van der Waals surface area (Å²) in [4.78, 5) is 98.5. The summed E-state index contributed by atoms with van der Waals surface area (Å²) >= 11 is 10.8. The van der Waals surface area contributed by atoms with E-state index in [1.165, 1.54) is 91.6 Å². The largest absolute Gasteiger partial charge is 1.00 e. The molecule has 0 aliphatic carbocycles. The molecule has 0 spiro atoms. The van der Waals surface area contributed by atoms with E-state index in [1.807, 2.05) is 143 Å². The fourth-order valence-electron chi connectivity index (χ4n) is 18.6. The average molecular weight is 2140 g/mol. The van der Waals surface area contributed by atoms with Gasteiger partial charge in [0, 0.05) is 210 Å². The number of esters is 4. The van der Waals surface area contributed by atoms with Crippen LogP contribution in [0.2, 0.25) is 0 Å². The van der Waals surface area contributed by atoms with E-state index in [4.69, 9.17) is 52.4 Å². The van der Waals surface area contributed by atoms with Crippen molar-refractivity contribution in [1.82, 2.24) is 54.0 Å². The van der Waals surface area contributed by atoms with Crippen LogP contribution in [-0.2, 0) is 99.1 Å². The summed E-state index contributed by atoms with van der Waals surface area (Å²) in [7, 11) is -0.541. The molecule has 4 saturated heterocycles. The summed E-state index contributed by atoms with van der Waals surface area (Å²) in [5.74, 6) is -2.39. The van der Waals surface area contributed by atoms with Crippen molar-refractivity contribution >= 4 is 151 Å². The van der Waals surface area contributed by atoms with Gasteiger partial charge in [-0.2, -0.15) is 0 Å². The number of aliphatic carboxylic acids is 1. The van der Waals surface area contributed by atoms with Gasteiger partial charge in [0.2, 0.25) is 0 Å². The van der Waals surface area contributed by atoms with Gasteiger partial charge in [-0.15, -0.1) is 45.3 Å². The number of fused-ring (bicyclic) bond motifs is 8. The van der Waals surface area contributed by atoms with Gasteiger partial charge in [0.25, 0.3) is 5.97 Å². The molecule has 1 unspecified atom stereocenters. The standard InChI is InChI=1S/C26H33N3O3S.C26H31N3O3S.C21H22N2O3S.C20H26BNO5.C7H8BrNS.C4H9NO.C2H4O2.CH4.B.2Na.H2O.H/c2*1-16(2)32-26(30)22-13-21-11-20(23-12-19-5-6-27-14-24(19)33-23)15-29(21)25(17(22)3)18(4)28-7-9-31-10-8-28;1-4-26-21(25)17-9-16-7-15(11-23(16)20(12(17)2)13(3)24)18-8-14-5-6-22-10-19(14)27-18;1-8-25-18(24)16-10-15-9-14(11-22(15)17(12(16)2)13(3)23)21-26-19(4,5)20(6,7)27-21;8-7-3-5-1-2-9-4-6(5)10-7;1-3-6-4-2-5-1;1-2(3)4;;;;;;/h11-13,15-16,18,27H,5-10,14H2,1-4H3;11-13,15-16,27H,4-10,14H2,1-3H3;7-9,11,22H,4-6,10H2,1-3H3;9-11H,8H2,1-7H3;3,9H,1-2,4H2;5H,1-4H2;1H3,(H,3,4);1H4;;;;1H2;/q;;;;;;;;;2*+1;;-1/p-1. The molecule has 7 N–H and O–H groups in total. The van der Waals surface area contributed by atoms with Crippen LogP contribution in [0, 0.1) is 27.7 Å². The number of thiophene rings is 4. The van der Waals surface area contributed by atoms with Crippen LogP contribution < -0.4 is 91.2 Å². The van der Waals surface area contributed by atoms with Gasteiger partial charge in [0.05, 0.1) is 125 Å². The predicted molar refractivity (Wildman–Crippen MR) is 576 cm³/mol. The number of halogens is 1. The number of morpholine rings is 3. The average Bonchev–Trinajstić information content (AvgIpc) is 1.57. The zero-order valence-corrected chi connectivity index (χ0v) is 95.7. The zero-order chi connectivity index (χ0) is 100. The van der Waals surface area contributed by atoms with Crippen LogP contribution in [0.5, 0.6) is 0 Å². The second-order valence-corrected chi connectivity index (χ2v) is 43.4. The van der Waals surface area contributed by atoms with Crippen LogP contribution in [-0.4, -0.2) is 237 Å². The van der Waals surface area contributed by atoms with Crippen molar-refractivity contribution in [2.45, 2.75) is 213 Å². The number of hydrogen-bond donors (Lipinski definition) is 6. The molecule has 38 heteroatoms. The molecule has 1 atom stereocenters. The number of carboxylic acid groups (broad SMARTS) is 1. The molecule has 20 heterocycles. The van der Waals surface area contributed by atoms with E-state index < -0.39 is 30.3 Å². The van der Waals surface area contributed by atoms with Crippen molar-refractivity contribution in [3.8, 4) is 31.3 Å². The molecule has 4 fully saturated rings. The summed E-state index contributed by atoms with van der Waals surface area (Å²) in [5.41, 5.74) is 22.0. The Morgan fingerprint density at radius 1 is 0.469 bits per heavy atom. The number of Topliss-reactive ketones (excluding diaryl/α,β-unsaturated/α-hetero) is 2. The molecular weight excluding hydrogens is 2000 g/mol. The second kappa shape index (κ2) is 54.3. The molecule has 0 saturated carbocycles. The van der Waals surface area contributed by atoms with Crippen LogP contribution in [0.15, 0.2) is 108 Å². The Kier molecular flexibility index (Phi) is 45.2. The Morgan fingerprint density at radius 2 is 0.807 bits per heavy atom. The number of aromatic nitrogens is 4. The van der Waals surface area contributed by atoms with Crippen molar-refractivity contribution < 1.29 is 147 Å². The van der Waals surface area contributed by atoms with E-state index >= 15 is 0 Å². The van der Waals surface area contributed by atoms with E-state index in [-0.39, 0.29) is 136 Å². The molecule has 8 aliphatic heterocycles. The van der Waals surface area contributed by atoms with Gasteiger partial charge in [-0.3, -0.25) is 19.3 Å². The van der Waals surface area contributed by atoms with Crippen LogP contribution in [0.25, 0.3) is 59.1 Å². The Hall–Kier alpha value is -7.80. The number of hydrogen-bond acceptors (Lipinski definition) is 28. The van der Waals surface area contributed by atoms with Crippen molar-refractivity contribution in [3.63, 3.8) is 0 Å². The maximum Gasteiger partial charge on any atom is 1.00 e. The first-order valence-corrected chi connectivity index (χ1v) is 52.5. The van der Waals surface area contributed by atoms with E-state index in [0.29, 0.717) is 64.6 Å². The molecule has 0 aromatic carbocycles. The topological polar surface area (TPSA) is 337 Å². The molecule has 3 radical (unpaired) electrons. The Morgan fingerprint density at radius 3 is 1.17 bits per heavy atom. The van der Waals surface area contributed by atoms with Gasteiger partial charge in [0.1, 0.15) is 0 Å². The van der Waals surface area contributed by atoms with E-state index in [1.54, 1.807) is 49.5 Å². The Bertz CT molecular complexity index is 6450. The number of carboxylic acids is 1. The van der Waals surface area contributed by atoms with Gasteiger partial charge in [-0.05, 0) is 289 Å². The molecule has 145 heavy (non-hydrogen) atoms. The third-order valence-corrected chi connectivity index (χ3v) is 31.6. The van der Waals surface area contributed by atoms with Crippen LogP contribution in [0.1, 0.15) is 250 Å². The zero-order valence-electron chi connectivity index (χ0n) is 87.8. The van der Waals surface area contributed by atoms with Gasteiger partial charge in [-0.25, -0.2) is 19.2 Å². The number of carbonyl (C=O) groups excluding carboxylic acids is 6. The first kappa shape index (κ1) is 121. The Balaban J connectivity index is 0.000000220. The maximum atomic E-state index is 13.0. The van der Waals surface area contributed by atoms with Gasteiger partial charge in [-0.1, -0.05) is 14.0 Å². The molecule has 29 nitrogen and oxygen atoms in total. The Labute approximate surface area is 924 Å². The number of nitrogens with zero attached hydrogens (tertiary/aromatic N) is 6. The number of ketones is 2. The number of pyridine rings is 4. The number of nitrogens with one attached hydrogen (secondary N) is 5. The second-order valence-electron chi connectivity index (χ2n) is 37.5. The van der Waals surface area contributed by atoms with Crippen molar-refractivity contribution in [1.29, 1.82) is 0 Å². The quantitative estimate of drug-likeness (QED) is 0.0201. The molecule has 0 bridgehead atoms. The van der Waals surface area contributed by atoms with E-state index in [9.17, 15) is 28.8 Å². The SMILES string of the molecule is Brc1cc2c(s1)CNCC2.C.C1COCCN1.C=C(c1c(C)c(C(=O)OC(C)C)cc2cc(-c3cc4c(s3)CNCC4)cn12)N1CCOCC1.CC(=O)O.CCOC(=O)c1cc2cc(-c3cc4c(s3)CNCC4)cn2c(C(C)=O)c1C.CCOC(=O)c1cc2cc(B3OC(C)(C)C(C)(C)O3)cn2c(C(C)=O)c1C.Cc1c(C(=O)OC(C)C)cc2cc(-c3cc4c(s3)CNCC4)cn2c1C(C)N1CCOCC1.[B].[H-].[Na+].[Na+].[OH-]. The third kappa shape index (κ3) is 28.9. The molecule has 20 rings (SSSR count). The van der Waals surface area contributed by atoms with Crippen LogP contribution in [0.4, 0.5) is 0 Å².